The van der Waals surface area contributed by atoms with E-state index in [1.165, 1.54) is 0 Å². The van der Waals surface area contributed by atoms with Crippen LogP contribution in [0.4, 0.5) is 5.69 Å². The van der Waals surface area contributed by atoms with Gasteiger partial charge in [-0.2, -0.15) is 0 Å². The van der Waals surface area contributed by atoms with Gasteiger partial charge in [0.15, 0.2) is 0 Å². The molecule has 0 aliphatic heterocycles. The molecule has 0 unspecified atom stereocenters. The first-order valence-electron chi connectivity index (χ1n) is 6.12. The number of nitrogen functional groups attached to an aromatic ring is 1. The largest absolute Gasteiger partial charge is 0.398 e. The van der Waals surface area contributed by atoms with Gasteiger partial charge in [-0.15, -0.1) is 0 Å². The van der Waals surface area contributed by atoms with Gasteiger partial charge in [0.2, 0.25) is 10.0 Å². The van der Waals surface area contributed by atoms with Crippen molar-refractivity contribution in [3.05, 3.63) is 21.1 Å². The molecule has 7 heteroatoms. The van der Waals surface area contributed by atoms with E-state index in [4.69, 9.17) is 5.73 Å². The average Bonchev–Trinajstić information content (AvgIpc) is 2.26. The molecule has 0 fully saturated rings. The Morgan fingerprint density at radius 1 is 1.21 bits per heavy atom. The Kier molecular flexibility index (Phi) is 6.79. The Balaban J connectivity index is 2.78. The highest BCUT2D eigenvalue weighted by Gasteiger charge is 2.20. The molecule has 0 aliphatic carbocycles. The van der Waals surface area contributed by atoms with Crippen LogP contribution in [-0.2, 0) is 10.0 Å². The Hall–Kier alpha value is -0.110. The molecular formula is C12H18Br2N2O2S. The lowest BCUT2D eigenvalue weighted by atomic mass is 10.2. The first kappa shape index (κ1) is 16.9. The van der Waals surface area contributed by atoms with Crippen LogP contribution in [0.3, 0.4) is 0 Å². The number of unbranched alkanes of at least 4 members (excludes halogenated alkanes) is 3. The quantitative estimate of drug-likeness (QED) is 0.529. The standard InChI is InChI=1S/C12H18Br2N2O2S/c1-2-3-4-5-6-16-19(17,18)12-10(14)7-9(13)8-11(12)15/h7-8,16H,2-6,15H2,1H3. The second-order valence-electron chi connectivity index (χ2n) is 4.26. The number of rotatable bonds is 7. The predicted octanol–water partition coefficient (Wildman–Crippen LogP) is 3.65. The normalized spacial score (nSPS) is 11.7. The molecule has 1 aromatic carbocycles. The van der Waals surface area contributed by atoms with Crippen molar-refractivity contribution in [2.75, 3.05) is 12.3 Å². The minimum atomic E-state index is -3.57. The summed E-state index contributed by atoms with van der Waals surface area (Å²) in [4.78, 5) is 0.103. The number of halogens is 2. The summed E-state index contributed by atoms with van der Waals surface area (Å²) in [6.45, 7) is 2.55. The summed E-state index contributed by atoms with van der Waals surface area (Å²) in [6, 6.07) is 3.25. The second-order valence-corrected chi connectivity index (χ2v) is 7.74. The van der Waals surface area contributed by atoms with Crippen LogP contribution in [0.2, 0.25) is 0 Å². The fourth-order valence-electron chi connectivity index (χ4n) is 1.69. The fraction of sp³-hybridized carbons (Fsp3) is 0.500. The third kappa shape index (κ3) is 5.06. The van der Waals surface area contributed by atoms with Crippen molar-refractivity contribution in [2.24, 2.45) is 0 Å². The molecule has 0 atom stereocenters. The molecule has 0 saturated carbocycles. The second kappa shape index (κ2) is 7.61. The number of nitrogens with one attached hydrogen (secondary N) is 1. The molecule has 0 heterocycles. The molecule has 0 saturated heterocycles. The van der Waals surface area contributed by atoms with E-state index in [-0.39, 0.29) is 10.6 Å². The highest BCUT2D eigenvalue weighted by Crippen LogP contribution is 2.31. The highest BCUT2D eigenvalue weighted by molar-refractivity contribution is 9.11. The zero-order valence-electron chi connectivity index (χ0n) is 10.7. The van der Waals surface area contributed by atoms with Crippen LogP contribution in [0.5, 0.6) is 0 Å². The van der Waals surface area contributed by atoms with E-state index >= 15 is 0 Å². The molecule has 0 aromatic heterocycles. The van der Waals surface area contributed by atoms with Gasteiger partial charge >= 0.3 is 0 Å². The summed E-state index contributed by atoms with van der Waals surface area (Å²) < 4.78 is 28.1. The number of nitrogens with two attached hydrogens (primary N) is 1. The minimum Gasteiger partial charge on any atom is -0.398 e. The Bertz CT molecular complexity index is 510. The van der Waals surface area contributed by atoms with E-state index in [9.17, 15) is 8.42 Å². The summed E-state index contributed by atoms with van der Waals surface area (Å²) in [5.74, 6) is 0. The molecule has 4 nitrogen and oxygen atoms in total. The van der Waals surface area contributed by atoms with Crippen LogP contribution in [0.15, 0.2) is 26.0 Å². The van der Waals surface area contributed by atoms with Gasteiger partial charge in [0.1, 0.15) is 4.90 Å². The molecule has 108 valence electrons. The molecule has 3 N–H and O–H groups in total. The van der Waals surface area contributed by atoms with Crippen LogP contribution in [-0.4, -0.2) is 15.0 Å². The lowest BCUT2D eigenvalue weighted by Crippen LogP contribution is -2.26. The van der Waals surface area contributed by atoms with E-state index in [1.54, 1.807) is 12.1 Å². The van der Waals surface area contributed by atoms with Crippen LogP contribution in [0.1, 0.15) is 32.6 Å². The molecule has 0 bridgehead atoms. The van der Waals surface area contributed by atoms with E-state index in [0.29, 0.717) is 11.0 Å². The van der Waals surface area contributed by atoms with E-state index in [0.717, 1.165) is 30.2 Å². The zero-order chi connectivity index (χ0) is 14.5. The van der Waals surface area contributed by atoms with Crippen molar-refractivity contribution in [1.29, 1.82) is 0 Å². The minimum absolute atomic E-state index is 0.103. The molecule has 0 aliphatic rings. The number of hydrogen-bond donors (Lipinski definition) is 2. The van der Waals surface area contributed by atoms with Crippen LogP contribution in [0.25, 0.3) is 0 Å². The smallest absolute Gasteiger partial charge is 0.243 e. The van der Waals surface area contributed by atoms with Crippen molar-refractivity contribution < 1.29 is 8.42 Å². The van der Waals surface area contributed by atoms with E-state index in [2.05, 4.69) is 43.5 Å². The summed E-state index contributed by atoms with van der Waals surface area (Å²) >= 11 is 6.51. The van der Waals surface area contributed by atoms with Gasteiger partial charge < -0.3 is 5.73 Å². The van der Waals surface area contributed by atoms with Gasteiger partial charge in [0.05, 0.1) is 5.69 Å². The molecular weight excluding hydrogens is 396 g/mol. The van der Waals surface area contributed by atoms with Crippen molar-refractivity contribution in [1.82, 2.24) is 4.72 Å². The molecule has 0 amide bonds. The molecule has 0 spiro atoms. The Morgan fingerprint density at radius 2 is 1.89 bits per heavy atom. The van der Waals surface area contributed by atoms with Crippen molar-refractivity contribution >= 4 is 47.6 Å². The van der Waals surface area contributed by atoms with Crippen LogP contribution in [0, 0.1) is 0 Å². The van der Waals surface area contributed by atoms with E-state index < -0.39 is 10.0 Å². The molecule has 0 radical (unpaired) electrons. The number of anilines is 1. The van der Waals surface area contributed by atoms with Gasteiger partial charge in [-0.3, -0.25) is 0 Å². The van der Waals surface area contributed by atoms with Crippen LogP contribution < -0.4 is 10.5 Å². The lowest BCUT2D eigenvalue weighted by Gasteiger charge is -2.11. The van der Waals surface area contributed by atoms with Crippen molar-refractivity contribution in [3.8, 4) is 0 Å². The van der Waals surface area contributed by atoms with Crippen molar-refractivity contribution in [2.45, 2.75) is 37.5 Å². The summed E-state index contributed by atoms with van der Waals surface area (Å²) in [6.07, 6.45) is 4.10. The fourth-order valence-corrected chi connectivity index (χ4v) is 4.83. The number of hydrogen-bond acceptors (Lipinski definition) is 3. The maximum atomic E-state index is 12.2. The van der Waals surface area contributed by atoms with Gasteiger partial charge in [-0.25, -0.2) is 13.1 Å². The third-order valence-electron chi connectivity index (χ3n) is 2.63. The SMILES string of the molecule is CCCCCCNS(=O)(=O)c1c(N)cc(Br)cc1Br. The Morgan fingerprint density at radius 3 is 2.47 bits per heavy atom. The lowest BCUT2D eigenvalue weighted by molar-refractivity contribution is 0.573. The van der Waals surface area contributed by atoms with Crippen molar-refractivity contribution in [3.63, 3.8) is 0 Å². The molecule has 1 aromatic rings. The maximum absolute atomic E-state index is 12.2. The number of sulfonamides is 1. The molecule has 1 rings (SSSR count). The number of benzene rings is 1. The van der Waals surface area contributed by atoms with Gasteiger partial charge in [-0.05, 0) is 34.5 Å². The summed E-state index contributed by atoms with van der Waals surface area (Å²) in [7, 11) is -3.57. The third-order valence-corrected chi connectivity index (χ3v) is 5.55. The summed E-state index contributed by atoms with van der Waals surface area (Å²) in [5, 5.41) is 0. The Labute approximate surface area is 131 Å². The summed E-state index contributed by atoms with van der Waals surface area (Å²) in [5.41, 5.74) is 6.01. The first-order valence-corrected chi connectivity index (χ1v) is 9.19. The topological polar surface area (TPSA) is 72.2 Å². The first-order chi connectivity index (χ1) is 8.88. The van der Waals surface area contributed by atoms with E-state index in [1.807, 2.05) is 0 Å². The molecule has 19 heavy (non-hydrogen) atoms. The predicted molar refractivity (Wildman–Crippen MR) is 85.6 cm³/mol. The van der Waals surface area contributed by atoms with Crippen LogP contribution >= 0.6 is 31.9 Å². The monoisotopic (exact) mass is 412 g/mol. The highest BCUT2D eigenvalue weighted by atomic mass is 79.9. The maximum Gasteiger partial charge on any atom is 0.243 e. The zero-order valence-corrected chi connectivity index (χ0v) is 14.7. The van der Waals surface area contributed by atoms with Gasteiger partial charge in [0, 0.05) is 15.5 Å². The average molecular weight is 414 g/mol. The van der Waals surface area contributed by atoms with Gasteiger partial charge in [-0.1, -0.05) is 42.1 Å². The van der Waals surface area contributed by atoms with Gasteiger partial charge in [0.25, 0.3) is 0 Å².